The molecular formula is C19H28ClN4O8P. The van der Waals surface area contributed by atoms with Crippen molar-refractivity contribution < 1.29 is 38.8 Å². The molecule has 3 heterocycles. The van der Waals surface area contributed by atoms with Crippen molar-refractivity contribution in [2.24, 2.45) is 0 Å². The van der Waals surface area contributed by atoms with Crippen LogP contribution >= 0.6 is 19.2 Å². The minimum absolute atomic E-state index is 0.0115. The topological polar surface area (TPSA) is 168 Å². The van der Waals surface area contributed by atoms with Gasteiger partial charge in [0.15, 0.2) is 11.7 Å². The number of ether oxygens (including phenoxy) is 3. The monoisotopic (exact) mass is 506 g/mol. The SMILES string of the molecule is COCC(OC[C@H]1OC(c2ccc3c(NC4CCCC4)nc(Cl)nn23)[C@H](O)[C@@H]1O)P(=O)(O)O. The van der Waals surface area contributed by atoms with E-state index < -0.39 is 37.9 Å². The van der Waals surface area contributed by atoms with E-state index in [-0.39, 0.29) is 18.5 Å². The molecule has 5 N–H and O–H groups in total. The van der Waals surface area contributed by atoms with Crippen LogP contribution in [0.3, 0.4) is 0 Å². The number of hydrogen-bond acceptors (Lipinski definition) is 9. The fraction of sp³-hybridized carbons (Fsp3) is 0.684. The first kappa shape index (κ1) is 24.8. The van der Waals surface area contributed by atoms with Crippen LogP contribution in [0.15, 0.2) is 12.1 Å². The summed E-state index contributed by atoms with van der Waals surface area (Å²) in [7, 11) is -3.31. The van der Waals surface area contributed by atoms with Gasteiger partial charge in [-0.05, 0) is 36.6 Å². The van der Waals surface area contributed by atoms with Gasteiger partial charge in [0.05, 0.1) is 18.9 Å². The van der Waals surface area contributed by atoms with Crippen LogP contribution in [0.5, 0.6) is 0 Å². The van der Waals surface area contributed by atoms with Crippen LogP contribution < -0.4 is 5.32 Å². The predicted molar refractivity (Wildman–Crippen MR) is 117 cm³/mol. The second kappa shape index (κ2) is 10.1. The van der Waals surface area contributed by atoms with Crippen LogP contribution in [0.1, 0.15) is 37.5 Å². The van der Waals surface area contributed by atoms with Crippen molar-refractivity contribution in [2.75, 3.05) is 25.6 Å². The molecule has 2 aliphatic rings. The largest absolute Gasteiger partial charge is 0.387 e. The zero-order valence-corrected chi connectivity index (χ0v) is 19.6. The fourth-order valence-corrected chi connectivity index (χ4v) is 5.08. The molecule has 0 bridgehead atoms. The van der Waals surface area contributed by atoms with Crippen LogP contribution in [-0.4, -0.2) is 85.1 Å². The van der Waals surface area contributed by atoms with Gasteiger partial charge in [0.1, 0.15) is 29.9 Å². The number of nitrogens with zero attached hydrogens (tertiary/aromatic N) is 3. The van der Waals surface area contributed by atoms with Gasteiger partial charge in [-0.2, -0.15) is 4.98 Å². The maximum atomic E-state index is 11.6. The van der Waals surface area contributed by atoms with Crippen molar-refractivity contribution in [2.45, 2.75) is 62.0 Å². The smallest absolute Gasteiger partial charge is 0.356 e. The van der Waals surface area contributed by atoms with Gasteiger partial charge < -0.3 is 39.5 Å². The van der Waals surface area contributed by atoms with Crippen LogP contribution in [0.25, 0.3) is 5.52 Å². The van der Waals surface area contributed by atoms with Crippen molar-refractivity contribution in [3.05, 3.63) is 23.1 Å². The Bertz CT molecular complexity index is 1010. The lowest BCUT2D eigenvalue weighted by molar-refractivity contribution is -0.0661. The van der Waals surface area contributed by atoms with Gasteiger partial charge in [0, 0.05) is 13.2 Å². The standard InChI is InChI=1S/C19H28ClN4O8P/c1-30-9-14(33(27,28)29)31-8-13-15(25)16(26)17(32-13)11-6-7-12-18(21-10-4-2-3-5-10)22-19(20)23-24(11)12/h6-7,10,13-17,25-26H,2-5,8-9H2,1H3,(H,21,22,23)(H2,27,28,29)/t13-,14?,15-,16-,17?/m1/s1. The third-order valence-corrected chi connectivity index (χ3v) is 7.21. The molecule has 33 heavy (non-hydrogen) atoms. The Morgan fingerprint density at radius 2 is 2.03 bits per heavy atom. The minimum atomic E-state index is -4.59. The van der Waals surface area contributed by atoms with Gasteiger partial charge in [-0.15, -0.1) is 5.10 Å². The van der Waals surface area contributed by atoms with Gasteiger partial charge >= 0.3 is 7.60 Å². The molecule has 1 aliphatic carbocycles. The summed E-state index contributed by atoms with van der Waals surface area (Å²) in [6, 6.07) is 3.77. The summed E-state index contributed by atoms with van der Waals surface area (Å²) >= 11 is 6.15. The molecule has 2 aromatic rings. The van der Waals surface area contributed by atoms with E-state index in [0.29, 0.717) is 23.1 Å². The number of hydrogen-bond donors (Lipinski definition) is 5. The summed E-state index contributed by atoms with van der Waals surface area (Å²) in [5.74, 6) is -0.940. The lowest BCUT2D eigenvalue weighted by atomic mass is 10.1. The Morgan fingerprint density at radius 3 is 2.70 bits per heavy atom. The Morgan fingerprint density at radius 1 is 1.30 bits per heavy atom. The second-order valence-corrected chi connectivity index (χ2v) is 10.4. The molecule has 5 atom stereocenters. The molecule has 1 saturated carbocycles. The maximum absolute atomic E-state index is 11.6. The Hall–Kier alpha value is -1.34. The molecule has 0 radical (unpaired) electrons. The quantitative estimate of drug-likeness (QED) is 0.308. The summed E-state index contributed by atoms with van der Waals surface area (Å²) < 4.78 is 29.0. The Labute approximate surface area is 195 Å². The van der Waals surface area contributed by atoms with Crippen molar-refractivity contribution in [1.82, 2.24) is 14.6 Å². The molecule has 14 heteroatoms. The number of nitrogens with one attached hydrogen (secondary N) is 1. The average molecular weight is 507 g/mol. The summed E-state index contributed by atoms with van der Waals surface area (Å²) in [5.41, 5.74) is 1.09. The number of rotatable bonds is 9. The number of halogens is 1. The van der Waals surface area contributed by atoms with Crippen LogP contribution in [0.2, 0.25) is 5.28 Å². The number of aliphatic hydroxyl groups is 2. The highest BCUT2D eigenvalue weighted by Gasteiger charge is 2.45. The van der Waals surface area contributed by atoms with Crippen molar-refractivity contribution in [1.29, 1.82) is 0 Å². The third-order valence-electron chi connectivity index (χ3n) is 6.00. The summed E-state index contributed by atoms with van der Waals surface area (Å²) in [6.07, 6.45) is -0.309. The molecular weight excluding hydrogens is 479 g/mol. The summed E-state index contributed by atoms with van der Waals surface area (Å²) in [5, 5.41) is 28.8. The van der Waals surface area contributed by atoms with E-state index in [2.05, 4.69) is 15.4 Å². The van der Waals surface area contributed by atoms with Crippen LogP contribution in [0, 0.1) is 0 Å². The lowest BCUT2D eigenvalue weighted by Gasteiger charge is -2.21. The first-order chi connectivity index (χ1) is 15.7. The van der Waals surface area contributed by atoms with Gasteiger partial charge in [-0.1, -0.05) is 12.8 Å². The fourth-order valence-electron chi connectivity index (χ4n) is 4.30. The highest BCUT2D eigenvalue weighted by molar-refractivity contribution is 7.52. The molecule has 0 aromatic carbocycles. The van der Waals surface area contributed by atoms with Gasteiger partial charge in [0.2, 0.25) is 5.28 Å². The molecule has 0 amide bonds. The highest BCUT2D eigenvalue weighted by atomic mass is 35.5. The minimum Gasteiger partial charge on any atom is -0.387 e. The Kier molecular flexibility index (Phi) is 7.59. The number of aromatic nitrogens is 3. The van der Waals surface area contributed by atoms with E-state index in [1.807, 2.05) is 0 Å². The molecule has 1 saturated heterocycles. The molecule has 12 nitrogen and oxygen atoms in total. The van der Waals surface area contributed by atoms with E-state index in [1.165, 1.54) is 11.6 Å². The average Bonchev–Trinajstić information content (AvgIpc) is 3.46. The first-order valence-corrected chi connectivity index (χ1v) is 12.7. The van der Waals surface area contributed by atoms with E-state index >= 15 is 0 Å². The third kappa shape index (κ3) is 5.34. The molecule has 2 fully saturated rings. The predicted octanol–water partition coefficient (Wildman–Crippen LogP) is 1.07. The number of methoxy groups -OCH3 is 1. The van der Waals surface area contributed by atoms with Crippen molar-refractivity contribution >= 4 is 30.5 Å². The lowest BCUT2D eigenvalue weighted by Crippen LogP contribution is -2.35. The molecule has 2 unspecified atom stereocenters. The van der Waals surface area contributed by atoms with Crippen molar-refractivity contribution in [3.63, 3.8) is 0 Å². The summed E-state index contributed by atoms with van der Waals surface area (Å²) in [6.45, 7) is -0.698. The molecule has 0 spiro atoms. The molecule has 1 aliphatic heterocycles. The van der Waals surface area contributed by atoms with Crippen molar-refractivity contribution in [3.8, 4) is 0 Å². The number of aliphatic hydroxyl groups excluding tert-OH is 2. The Balaban J connectivity index is 1.53. The highest BCUT2D eigenvalue weighted by Crippen LogP contribution is 2.43. The van der Waals surface area contributed by atoms with E-state index in [4.69, 9.17) is 25.8 Å². The normalized spacial score (nSPS) is 27.5. The first-order valence-electron chi connectivity index (χ1n) is 10.7. The molecule has 4 rings (SSSR count). The molecule has 2 aromatic heterocycles. The van der Waals surface area contributed by atoms with E-state index in [9.17, 15) is 24.6 Å². The maximum Gasteiger partial charge on any atom is 0.356 e. The zero-order valence-electron chi connectivity index (χ0n) is 18.0. The second-order valence-electron chi connectivity index (χ2n) is 8.32. The molecule has 184 valence electrons. The van der Waals surface area contributed by atoms with Crippen LogP contribution in [0.4, 0.5) is 5.82 Å². The van der Waals surface area contributed by atoms with Crippen LogP contribution in [-0.2, 0) is 18.8 Å². The zero-order chi connectivity index (χ0) is 23.8. The number of fused-ring (bicyclic) bond motifs is 1. The van der Waals surface area contributed by atoms with E-state index in [1.54, 1.807) is 12.1 Å². The van der Waals surface area contributed by atoms with Gasteiger partial charge in [-0.25, -0.2) is 4.52 Å². The van der Waals surface area contributed by atoms with E-state index in [0.717, 1.165) is 25.7 Å². The number of anilines is 1. The van der Waals surface area contributed by atoms with Gasteiger partial charge in [-0.3, -0.25) is 4.57 Å². The summed E-state index contributed by atoms with van der Waals surface area (Å²) in [4.78, 5) is 23.1. The van der Waals surface area contributed by atoms with Gasteiger partial charge in [0.25, 0.3) is 0 Å².